The van der Waals surface area contributed by atoms with Crippen LogP contribution >= 0.6 is 11.3 Å². The predicted octanol–water partition coefficient (Wildman–Crippen LogP) is 4.13. The number of hydrogen-bond donors (Lipinski definition) is 3. The summed E-state index contributed by atoms with van der Waals surface area (Å²) in [5.41, 5.74) is 3.55. The molecule has 0 spiro atoms. The van der Waals surface area contributed by atoms with E-state index >= 15 is 0 Å². The van der Waals surface area contributed by atoms with Crippen LogP contribution in [-0.2, 0) is 30.5 Å². The molecule has 3 rings (SSSR count). The number of thiazole rings is 1. The fourth-order valence-corrected chi connectivity index (χ4v) is 5.77. The molecule has 2 aromatic rings. The van der Waals surface area contributed by atoms with E-state index < -0.39 is 35.1 Å². The maximum absolute atomic E-state index is 13.7. The van der Waals surface area contributed by atoms with E-state index in [0.717, 1.165) is 21.7 Å². The third-order valence-corrected chi connectivity index (χ3v) is 8.14. The number of likely N-dealkylation sites (tertiary alicyclic amines) is 1. The number of carbonyl (C=O) groups excluding carboxylic acids is 4. The molecule has 1 aromatic heterocycles. The highest BCUT2D eigenvalue weighted by Gasteiger charge is 2.44. The van der Waals surface area contributed by atoms with E-state index in [2.05, 4.69) is 15.6 Å². The van der Waals surface area contributed by atoms with Gasteiger partial charge < -0.3 is 25.4 Å². The van der Waals surface area contributed by atoms with Crippen LogP contribution < -0.4 is 10.6 Å². The van der Waals surface area contributed by atoms with Gasteiger partial charge in [0.1, 0.15) is 17.7 Å². The maximum Gasteiger partial charge on any atom is 0.306 e. The van der Waals surface area contributed by atoms with Gasteiger partial charge in [0.2, 0.25) is 17.7 Å². The van der Waals surface area contributed by atoms with Crippen molar-refractivity contribution in [1.82, 2.24) is 20.5 Å². The number of benzene rings is 1. The molecule has 3 unspecified atom stereocenters. The van der Waals surface area contributed by atoms with E-state index in [1.807, 2.05) is 57.5 Å². The zero-order valence-corrected chi connectivity index (χ0v) is 27.2. The molecule has 0 radical (unpaired) electrons. The standard InChI is InChI=1S/C32H46N4O6S/c1-20-27(43-19-34-20)22-14-12-21(13-15-22)17-33-29(40)24-16-23(37)18-36(24)30(41)28(31(2,3)4)35-25(38)10-8-9-11-26(39)42-32(5,6)7/h12-15,19,23-24,28,37H,8-11,16-18H2,1-7H3,(H,33,40)(H,35,38). The molecule has 236 valence electrons. The Morgan fingerprint density at radius 2 is 1.72 bits per heavy atom. The fourth-order valence-electron chi connectivity index (χ4n) is 4.96. The highest BCUT2D eigenvalue weighted by Crippen LogP contribution is 2.28. The summed E-state index contributed by atoms with van der Waals surface area (Å²) in [6.45, 7) is 13.2. The molecule has 1 aliphatic rings. The van der Waals surface area contributed by atoms with Crippen molar-refractivity contribution in [2.24, 2.45) is 5.41 Å². The number of β-amino-alcohol motifs (C(OH)–C–C–N with tert-alkyl or cyclic N) is 1. The number of nitrogens with zero attached hydrogens (tertiary/aromatic N) is 2. The van der Waals surface area contributed by atoms with Crippen molar-refractivity contribution < 1.29 is 29.0 Å². The van der Waals surface area contributed by atoms with Crippen LogP contribution in [0.2, 0.25) is 0 Å². The van der Waals surface area contributed by atoms with Gasteiger partial charge in [0, 0.05) is 32.4 Å². The Morgan fingerprint density at radius 3 is 2.30 bits per heavy atom. The molecule has 10 nitrogen and oxygen atoms in total. The van der Waals surface area contributed by atoms with E-state index in [4.69, 9.17) is 4.74 Å². The van der Waals surface area contributed by atoms with Crippen molar-refractivity contribution in [3.63, 3.8) is 0 Å². The normalized spacial score (nSPS) is 17.8. The second kappa shape index (κ2) is 14.4. The predicted molar refractivity (Wildman–Crippen MR) is 166 cm³/mol. The smallest absolute Gasteiger partial charge is 0.306 e. The van der Waals surface area contributed by atoms with Crippen LogP contribution in [0.1, 0.15) is 84.9 Å². The van der Waals surface area contributed by atoms with Gasteiger partial charge in [-0.25, -0.2) is 4.98 Å². The van der Waals surface area contributed by atoms with Gasteiger partial charge in [-0.15, -0.1) is 11.3 Å². The summed E-state index contributed by atoms with van der Waals surface area (Å²) in [5.74, 6) is -1.38. The lowest BCUT2D eigenvalue weighted by atomic mass is 9.85. The van der Waals surface area contributed by atoms with Gasteiger partial charge >= 0.3 is 5.97 Å². The molecule has 3 N–H and O–H groups in total. The molecule has 43 heavy (non-hydrogen) atoms. The topological polar surface area (TPSA) is 138 Å². The molecule has 2 heterocycles. The Bertz CT molecular complexity index is 1280. The molecule has 11 heteroatoms. The minimum absolute atomic E-state index is 0.0121. The molecule has 1 aliphatic heterocycles. The number of unbranched alkanes of at least 4 members (excludes halogenated alkanes) is 1. The number of esters is 1. The number of aliphatic hydroxyl groups excluding tert-OH is 1. The van der Waals surface area contributed by atoms with Gasteiger partial charge in [-0.2, -0.15) is 0 Å². The van der Waals surface area contributed by atoms with Crippen LogP contribution in [0.25, 0.3) is 10.4 Å². The number of aliphatic hydroxyl groups is 1. The monoisotopic (exact) mass is 614 g/mol. The van der Waals surface area contributed by atoms with Crippen molar-refractivity contribution in [3.8, 4) is 10.4 Å². The largest absolute Gasteiger partial charge is 0.460 e. The minimum atomic E-state index is -0.894. The molecular weight excluding hydrogens is 568 g/mol. The SMILES string of the molecule is Cc1ncsc1-c1ccc(CNC(=O)C2CC(O)CN2C(=O)C(NC(=O)CCCCC(=O)OC(C)(C)C)C(C)(C)C)cc1. The molecule has 1 aromatic carbocycles. The van der Waals surface area contributed by atoms with Crippen LogP contribution in [0, 0.1) is 12.3 Å². The number of amides is 3. The van der Waals surface area contributed by atoms with Crippen LogP contribution in [0.5, 0.6) is 0 Å². The van der Waals surface area contributed by atoms with E-state index in [-0.39, 0.29) is 50.1 Å². The van der Waals surface area contributed by atoms with Crippen molar-refractivity contribution >= 4 is 35.0 Å². The molecular formula is C32H46N4O6S. The highest BCUT2D eigenvalue weighted by molar-refractivity contribution is 7.13. The number of hydrogen-bond acceptors (Lipinski definition) is 8. The molecule has 0 aliphatic carbocycles. The minimum Gasteiger partial charge on any atom is -0.460 e. The molecule has 3 amide bonds. The van der Waals surface area contributed by atoms with Crippen molar-refractivity contribution in [1.29, 1.82) is 0 Å². The van der Waals surface area contributed by atoms with Crippen LogP contribution in [0.4, 0.5) is 0 Å². The lowest BCUT2D eigenvalue weighted by Crippen LogP contribution is -2.57. The number of ether oxygens (including phenoxy) is 1. The first-order chi connectivity index (χ1) is 20.0. The summed E-state index contributed by atoms with van der Waals surface area (Å²) in [4.78, 5) is 58.5. The maximum atomic E-state index is 13.7. The number of aromatic nitrogens is 1. The zero-order chi connectivity index (χ0) is 31.9. The lowest BCUT2D eigenvalue weighted by Gasteiger charge is -2.35. The number of rotatable bonds is 11. The first kappa shape index (κ1) is 34.2. The van der Waals surface area contributed by atoms with Gasteiger partial charge in [0.05, 0.1) is 22.2 Å². The molecule has 1 fully saturated rings. The summed E-state index contributed by atoms with van der Waals surface area (Å²) in [6, 6.07) is 6.13. The van der Waals surface area contributed by atoms with Gasteiger partial charge in [0.15, 0.2) is 0 Å². The summed E-state index contributed by atoms with van der Waals surface area (Å²) < 4.78 is 5.30. The fraction of sp³-hybridized carbons (Fsp3) is 0.594. The Balaban J connectivity index is 1.57. The summed E-state index contributed by atoms with van der Waals surface area (Å²) in [5, 5.41) is 16.2. The highest BCUT2D eigenvalue weighted by atomic mass is 32.1. The number of nitrogens with one attached hydrogen (secondary N) is 2. The number of carbonyl (C=O) groups is 4. The first-order valence-corrected chi connectivity index (χ1v) is 15.7. The van der Waals surface area contributed by atoms with E-state index in [0.29, 0.717) is 12.8 Å². The third kappa shape index (κ3) is 10.1. The van der Waals surface area contributed by atoms with E-state index in [9.17, 15) is 24.3 Å². The Labute approximate surface area is 258 Å². The van der Waals surface area contributed by atoms with Crippen LogP contribution in [-0.4, -0.2) is 69.0 Å². The summed E-state index contributed by atoms with van der Waals surface area (Å²) in [7, 11) is 0. The van der Waals surface area contributed by atoms with Gasteiger partial charge in [0.25, 0.3) is 0 Å². The van der Waals surface area contributed by atoms with E-state index in [1.165, 1.54) is 4.90 Å². The molecule has 0 saturated carbocycles. The third-order valence-electron chi connectivity index (χ3n) is 7.17. The van der Waals surface area contributed by atoms with Crippen molar-refractivity contribution in [2.75, 3.05) is 6.54 Å². The Kier molecular flexibility index (Phi) is 11.5. The van der Waals surface area contributed by atoms with Crippen molar-refractivity contribution in [3.05, 3.63) is 41.0 Å². The number of aryl methyl sites for hydroxylation is 1. The molecule has 0 bridgehead atoms. The summed E-state index contributed by atoms with van der Waals surface area (Å²) >= 11 is 1.58. The quantitative estimate of drug-likeness (QED) is 0.256. The average Bonchev–Trinajstić information content (AvgIpc) is 3.52. The zero-order valence-electron chi connectivity index (χ0n) is 26.4. The van der Waals surface area contributed by atoms with Crippen LogP contribution in [0.3, 0.4) is 0 Å². The van der Waals surface area contributed by atoms with Gasteiger partial charge in [-0.1, -0.05) is 45.0 Å². The first-order valence-electron chi connectivity index (χ1n) is 14.8. The summed E-state index contributed by atoms with van der Waals surface area (Å²) in [6.07, 6.45) is 0.599. The molecule has 3 atom stereocenters. The van der Waals surface area contributed by atoms with E-state index in [1.54, 1.807) is 32.1 Å². The second-order valence-electron chi connectivity index (χ2n) is 13.2. The lowest BCUT2D eigenvalue weighted by molar-refractivity contribution is -0.155. The second-order valence-corrected chi connectivity index (χ2v) is 14.1. The Hall–Kier alpha value is -3.31. The van der Waals surface area contributed by atoms with Gasteiger partial charge in [-0.3, -0.25) is 19.2 Å². The van der Waals surface area contributed by atoms with Crippen LogP contribution in [0.15, 0.2) is 29.8 Å². The van der Waals surface area contributed by atoms with Crippen molar-refractivity contribution in [2.45, 2.75) is 111 Å². The molecule has 1 saturated heterocycles. The average molecular weight is 615 g/mol. The van der Waals surface area contributed by atoms with Gasteiger partial charge in [-0.05, 0) is 57.1 Å². The Morgan fingerprint density at radius 1 is 1.07 bits per heavy atom.